The van der Waals surface area contributed by atoms with E-state index in [0.717, 1.165) is 12.1 Å². The van der Waals surface area contributed by atoms with Crippen molar-refractivity contribution in [3.05, 3.63) is 65.0 Å². The van der Waals surface area contributed by atoms with E-state index < -0.39 is 39.1 Å². The van der Waals surface area contributed by atoms with Gasteiger partial charge in [-0.05, 0) is 57.0 Å². The van der Waals surface area contributed by atoms with E-state index >= 15 is 0 Å². The van der Waals surface area contributed by atoms with Crippen molar-refractivity contribution in [2.45, 2.75) is 57.3 Å². The van der Waals surface area contributed by atoms with Crippen LogP contribution < -0.4 is 15.2 Å². The molecule has 3 aromatic rings. The predicted molar refractivity (Wildman–Crippen MR) is 125 cm³/mol. The number of rotatable bonds is 7. The first-order valence-electron chi connectivity index (χ1n) is 10.8. The number of carbonyl (C=O) groups is 1. The maximum atomic E-state index is 13.5. The van der Waals surface area contributed by atoms with Crippen LogP contribution in [0.15, 0.2) is 47.5 Å². The first-order chi connectivity index (χ1) is 16.6. The van der Waals surface area contributed by atoms with E-state index in [9.17, 15) is 26.4 Å². The van der Waals surface area contributed by atoms with Gasteiger partial charge in [0, 0.05) is 18.3 Å². The van der Waals surface area contributed by atoms with Crippen molar-refractivity contribution < 1.29 is 31.1 Å². The number of ether oxygens (including phenoxy) is 1. The topological polar surface area (TPSA) is 129 Å². The Morgan fingerprint density at radius 1 is 1.14 bits per heavy atom. The summed E-state index contributed by atoms with van der Waals surface area (Å²) in [5, 5.41) is 12.2. The van der Waals surface area contributed by atoms with Gasteiger partial charge in [-0.1, -0.05) is 19.1 Å². The van der Waals surface area contributed by atoms with Crippen molar-refractivity contribution in [2.75, 3.05) is 0 Å². The highest BCUT2D eigenvalue weighted by Gasteiger charge is 2.37. The molecule has 0 aliphatic heterocycles. The Morgan fingerprint density at radius 3 is 2.31 bits per heavy atom. The first-order valence-corrected chi connectivity index (χ1v) is 12.4. The molecule has 0 atom stereocenters. The number of sulfonamides is 1. The van der Waals surface area contributed by atoms with Gasteiger partial charge in [-0.25, -0.2) is 23.2 Å². The fourth-order valence-corrected chi connectivity index (χ4v) is 3.85. The molecule has 0 spiro atoms. The third-order valence-electron chi connectivity index (χ3n) is 5.12. The summed E-state index contributed by atoms with van der Waals surface area (Å²) < 4.78 is 70.4. The van der Waals surface area contributed by atoms with E-state index in [1.54, 1.807) is 27.7 Å². The molecule has 3 N–H and O–H groups in total. The number of carbonyl (C=O) groups excluding carboxylic acids is 1. The van der Waals surface area contributed by atoms with Gasteiger partial charge in [0.1, 0.15) is 5.56 Å². The molecule has 0 saturated carbocycles. The Bertz CT molecular complexity index is 1360. The average Bonchev–Trinajstić information content (AvgIpc) is 3.15. The van der Waals surface area contributed by atoms with Crippen LogP contribution >= 0.6 is 0 Å². The van der Waals surface area contributed by atoms with E-state index in [-0.39, 0.29) is 29.4 Å². The van der Waals surface area contributed by atoms with Crippen molar-refractivity contribution in [1.82, 2.24) is 20.1 Å². The number of aromatic nitrogens is 3. The third kappa shape index (κ3) is 6.02. The van der Waals surface area contributed by atoms with E-state index in [0.29, 0.717) is 11.1 Å². The lowest BCUT2D eigenvalue weighted by Crippen LogP contribution is -2.27. The third-order valence-corrected chi connectivity index (χ3v) is 6.04. The number of hydrogen-bond donors (Lipinski definition) is 2. The number of alkyl halides is 3. The molecule has 0 radical (unpaired) electrons. The number of amides is 1. The summed E-state index contributed by atoms with van der Waals surface area (Å²) in [5.41, 5.74) is -0.889. The summed E-state index contributed by atoms with van der Waals surface area (Å²) in [4.78, 5) is 16.7. The molecule has 3 rings (SSSR count). The van der Waals surface area contributed by atoms with Crippen LogP contribution in [0.1, 0.15) is 54.9 Å². The maximum absolute atomic E-state index is 13.5. The predicted octanol–water partition coefficient (Wildman–Crippen LogP) is 3.98. The summed E-state index contributed by atoms with van der Waals surface area (Å²) in [5.74, 6) is -1.24. The second-order valence-corrected chi connectivity index (χ2v) is 10.5. The lowest BCUT2D eigenvalue weighted by atomic mass is 10.1. The number of halogens is 3. The first kappa shape index (κ1) is 27.1. The molecule has 194 valence electrons. The number of nitrogens with one attached hydrogen (secondary N) is 1. The van der Waals surface area contributed by atoms with Gasteiger partial charge in [0.05, 0.1) is 10.4 Å². The maximum Gasteiger partial charge on any atom is 0.421 e. The molecule has 2 aromatic heterocycles. The van der Waals surface area contributed by atoms with Gasteiger partial charge in [-0.3, -0.25) is 4.79 Å². The molecular formula is C23H26F3N5O4S. The highest BCUT2D eigenvalue weighted by molar-refractivity contribution is 7.89. The molecule has 13 heteroatoms. The van der Waals surface area contributed by atoms with Crippen LogP contribution in [-0.2, 0) is 34.7 Å². The van der Waals surface area contributed by atoms with Crippen LogP contribution in [-0.4, -0.2) is 29.1 Å². The fraction of sp³-hybridized carbons (Fsp3) is 0.348. The van der Waals surface area contributed by atoms with E-state index in [1.165, 1.54) is 35.1 Å². The zero-order valence-corrected chi connectivity index (χ0v) is 20.9. The highest BCUT2D eigenvalue weighted by Crippen LogP contribution is 2.39. The Labute approximate surface area is 206 Å². The van der Waals surface area contributed by atoms with Crippen molar-refractivity contribution in [2.24, 2.45) is 5.14 Å². The summed E-state index contributed by atoms with van der Waals surface area (Å²) in [6, 6.07) is 7.66. The van der Waals surface area contributed by atoms with Crippen LogP contribution in [0.2, 0.25) is 0 Å². The average molecular weight is 526 g/mol. The van der Waals surface area contributed by atoms with Crippen molar-refractivity contribution >= 4 is 15.9 Å². The second kappa shape index (κ2) is 9.90. The number of hydrogen-bond acceptors (Lipinski definition) is 6. The van der Waals surface area contributed by atoms with Gasteiger partial charge in [-0.15, -0.1) is 0 Å². The summed E-state index contributed by atoms with van der Waals surface area (Å²) in [6.07, 6.45) is -3.27. The van der Waals surface area contributed by atoms with Crippen LogP contribution in [0.25, 0.3) is 0 Å². The summed E-state index contributed by atoms with van der Waals surface area (Å²) in [6.45, 7) is 7.07. The molecular weight excluding hydrogens is 499 g/mol. The van der Waals surface area contributed by atoms with Gasteiger partial charge in [-0.2, -0.15) is 18.3 Å². The SMILES string of the molecule is CCc1c(C(=O)NCc2ccc(S(N)(=O)=O)cc2)nn(C(C)(C)C)c1Oc1ncccc1C(F)(F)F. The number of pyridine rings is 1. The lowest BCUT2D eigenvalue weighted by Gasteiger charge is -2.22. The van der Waals surface area contributed by atoms with Crippen LogP contribution in [0.4, 0.5) is 13.2 Å². The monoisotopic (exact) mass is 525 g/mol. The minimum atomic E-state index is -4.69. The van der Waals surface area contributed by atoms with E-state index in [4.69, 9.17) is 9.88 Å². The Morgan fingerprint density at radius 2 is 1.78 bits per heavy atom. The molecule has 0 bridgehead atoms. The molecule has 0 fully saturated rings. The molecule has 0 saturated heterocycles. The largest absolute Gasteiger partial charge is 0.421 e. The molecule has 2 heterocycles. The number of nitrogens with zero attached hydrogens (tertiary/aromatic N) is 3. The summed E-state index contributed by atoms with van der Waals surface area (Å²) >= 11 is 0. The number of primary sulfonamides is 1. The van der Waals surface area contributed by atoms with Gasteiger partial charge in [0.25, 0.3) is 5.91 Å². The van der Waals surface area contributed by atoms with Crippen LogP contribution in [0.3, 0.4) is 0 Å². The molecule has 36 heavy (non-hydrogen) atoms. The van der Waals surface area contributed by atoms with Crippen LogP contribution in [0, 0.1) is 0 Å². The Hall–Kier alpha value is -3.45. The molecule has 0 aliphatic carbocycles. The van der Waals surface area contributed by atoms with Crippen LogP contribution in [0.5, 0.6) is 11.8 Å². The highest BCUT2D eigenvalue weighted by atomic mass is 32.2. The standard InChI is InChI=1S/C23H26F3N5O4S/c1-5-16-18(19(32)29-13-14-8-10-15(11-9-14)36(27,33)34)30-31(22(2,3)4)21(16)35-20-17(23(24,25)26)7-6-12-28-20/h6-12H,5,13H2,1-4H3,(H,29,32)(H2,27,33,34). The Balaban J connectivity index is 1.95. The lowest BCUT2D eigenvalue weighted by molar-refractivity contribution is -0.138. The minimum Gasteiger partial charge on any atom is -0.420 e. The normalized spacial score (nSPS) is 12.4. The zero-order chi connectivity index (χ0) is 26.9. The van der Waals surface area contributed by atoms with Gasteiger partial charge in [0.2, 0.25) is 21.8 Å². The molecule has 1 amide bonds. The van der Waals surface area contributed by atoms with Crippen molar-refractivity contribution in [3.8, 4) is 11.8 Å². The Kier molecular flexibility index (Phi) is 7.46. The molecule has 9 nitrogen and oxygen atoms in total. The smallest absolute Gasteiger partial charge is 0.420 e. The quantitative estimate of drug-likeness (QED) is 0.480. The van der Waals surface area contributed by atoms with Gasteiger partial charge >= 0.3 is 6.18 Å². The van der Waals surface area contributed by atoms with E-state index in [2.05, 4.69) is 15.4 Å². The number of benzene rings is 1. The van der Waals surface area contributed by atoms with E-state index in [1.807, 2.05) is 0 Å². The second-order valence-electron chi connectivity index (χ2n) is 8.90. The minimum absolute atomic E-state index is 0.00642. The summed E-state index contributed by atoms with van der Waals surface area (Å²) in [7, 11) is -3.85. The molecule has 0 aliphatic rings. The number of nitrogens with two attached hydrogens (primary N) is 1. The molecule has 1 aromatic carbocycles. The fourth-order valence-electron chi connectivity index (χ4n) is 3.34. The van der Waals surface area contributed by atoms with Crippen molar-refractivity contribution in [3.63, 3.8) is 0 Å². The molecule has 0 unspecified atom stereocenters. The zero-order valence-electron chi connectivity index (χ0n) is 20.0. The van der Waals surface area contributed by atoms with Gasteiger partial charge in [0.15, 0.2) is 5.69 Å². The van der Waals surface area contributed by atoms with Gasteiger partial charge < -0.3 is 10.1 Å². The van der Waals surface area contributed by atoms with Crippen molar-refractivity contribution in [1.29, 1.82) is 0 Å².